The first-order chi connectivity index (χ1) is 8.55. The zero-order valence-electron chi connectivity index (χ0n) is 12.7. The van der Waals surface area contributed by atoms with Crippen molar-refractivity contribution in [3.05, 3.63) is 0 Å². The maximum Gasteiger partial charge on any atom is 0.0382 e. The summed E-state index contributed by atoms with van der Waals surface area (Å²) in [4.78, 5) is 2.76. The molecule has 1 saturated heterocycles. The lowest BCUT2D eigenvalue weighted by Gasteiger charge is -2.57. The van der Waals surface area contributed by atoms with Crippen LogP contribution in [-0.4, -0.2) is 30.1 Å². The Balaban J connectivity index is 2.12. The van der Waals surface area contributed by atoms with E-state index >= 15 is 0 Å². The molecular formula is C16H32N2. The molecule has 18 heavy (non-hydrogen) atoms. The van der Waals surface area contributed by atoms with E-state index < -0.39 is 0 Å². The summed E-state index contributed by atoms with van der Waals surface area (Å²) in [5.41, 5.74) is 6.94. The Morgan fingerprint density at radius 2 is 1.72 bits per heavy atom. The molecular weight excluding hydrogens is 220 g/mol. The average Bonchev–Trinajstić information content (AvgIpc) is 2.39. The molecule has 1 aliphatic heterocycles. The predicted molar refractivity (Wildman–Crippen MR) is 78.6 cm³/mol. The summed E-state index contributed by atoms with van der Waals surface area (Å²) in [5.74, 6) is 0.961. The van der Waals surface area contributed by atoms with Crippen LogP contribution in [0.5, 0.6) is 0 Å². The van der Waals surface area contributed by atoms with Crippen molar-refractivity contribution in [2.75, 3.05) is 19.6 Å². The molecule has 0 aromatic rings. The van der Waals surface area contributed by atoms with Crippen LogP contribution < -0.4 is 5.73 Å². The number of hydrogen-bond acceptors (Lipinski definition) is 2. The molecule has 0 aromatic carbocycles. The molecule has 0 amide bonds. The minimum absolute atomic E-state index is 0.282. The smallest absolute Gasteiger partial charge is 0.0382 e. The van der Waals surface area contributed by atoms with E-state index in [1.165, 1.54) is 58.0 Å². The predicted octanol–water partition coefficient (Wildman–Crippen LogP) is 3.41. The number of hydrogen-bond donors (Lipinski definition) is 1. The molecule has 1 unspecified atom stereocenters. The second kappa shape index (κ2) is 5.50. The Hall–Kier alpha value is -0.0800. The van der Waals surface area contributed by atoms with Crippen LogP contribution in [0.25, 0.3) is 0 Å². The highest BCUT2D eigenvalue weighted by Crippen LogP contribution is 2.48. The van der Waals surface area contributed by atoms with E-state index in [1.54, 1.807) is 0 Å². The van der Waals surface area contributed by atoms with E-state index in [0.29, 0.717) is 5.41 Å². The van der Waals surface area contributed by atoms with Gasteiger partial charge in [0.1, 0.15) is 0 Å². The first kappa shape index (κ1) is 14.3. The molecule has 0 spiro atoms. The zero-order valence-corrected chi connectivity index (χ0v) is 12.7. The average molecular weight is 252 g/mol. The van der Waals surface area contributed by atoms with Crippen molar-refractivity contribution in [3.8, 4) is 0 Å². The molecule has 2 N–H and O–H groups in total. The minimum atomic E-state index is 0.282. The van der Waals surface area contributed by atoms with Gasteiger partial charge in [0.15, 0.2) is 0 Å². The summed E-state index contributed by atoms with van der Waals surface area (Å²) in [5, 5.41) is 0. The number of nitrogens with zero attached hydrogens (tertiary/aromatic N) is 1. The Morgan fingerprint density at radius 1 is 1.11 bits per heavy atom. The fraction of sp³-hybridized carbons (Fsp3) is 1.00. The van der Waals surface area contributed by atoms with Crippen LogP contribution in [0.2, 0.25) is 0 Å². The van der Waals surface area contributed by atoms with Crippen LogP contribution in [0.15, 0.2) is 0 Å². The lowest BCUT2D eigenvalue weighted by molar-refractivity contribution is -0.0596. The highest BCUT2D eigenvalue weighted by Gasteiger charge is 2.49. The maximum absolute atomic E-state index is 6.27. The van der Waals surface area contributed by atoms with Crippen molar-refractivity contribution in [1.29, 1.82) is 0 Å². The number of nitrogens with two attached hydrogens (primary N) is 1. The van der Waals surface area contributed by atoms with Crippen LogP contribution in [0.3, 0.4) is 0 Å². The SMILES string of the molecule is CCC1CCN(C2(CN)CCCCC2(C)C)CC1. The lowest BCUT2D eigenvalue weighted by atomic mass is 9.61. The molecule has 2 nitrogen and oxygen atoms in total. The minimum Gasteiger partial charge on any atom is -0.329 e. The standard InChI is InChI=1S/C16H32N2/c1-4-14-7-11-18(12-8-14)16(13-17)10-6-5-9-15(16,2)3/h14H,4-13,17H2,1-3H3. The molecule has 0 bridgehead atoms. The van der Waals surface area contributed by atoms with Gasteiger partial charge in [-0.15, -0.1) is 0 Å². The monoisotopic (exact) mass is 252 g/mol. The van der Waals surface area contributed by atoms with Gasteiger partial charge in [0, 0.05) is 12.1 Å². The summed E-state index contributed by atoms with van der Waals surface area (Å²) in [6, 6.07) is 0. The van der Waals surface area contributed by atoms with Gasteiger partial charge in [-0.05, 0) is 50.1 Å². The van der Waals surface area contributed by atoms with Crippen LogP contribution >= 0.6 is 0 Å². The molecule has 1 atom stereocenters. The van der Waals surface area contributed by atoms with Crippen LogP contribution in [0, 0.1) is 11.3 Å². The van der Waals surface area contributed by atoms with E-state index in [0.717, 1.165) is 12.5 Å². The van der Waals surface area contributed by atoms with Crippen LogP contribution in [0.4, 0.5) is 0 Å². The van der Waals surface area contributed by atoms with Gasteiger partial charge in [0.05, 0.1) is 0 Å². The Kier molecular flexibility index (Phi) is 4.38. The molecule has 0 aromatic heterocycles. The summed E-state index contributed by atoms with van der Waals surface area (Å²) < 4.78 is 0. The fourth-order valence-corrected chi connectivity index (χ4v) is 4.42. The van der Waals surface area contributed by atoms with Gasteiger partial charge >= 0.3 is 0 Å². The largest absolute Gasteiger partial charge is 0.329 e. The quantitative estimate of drug-likeness (QED) is 0.834. The van der Waals surface area contributed by atoms with Gasteiger partial charge in [0.25, 0.3) is 0 Å². The topological polar surface area (TPSA) is 29.3 Å². The highest BCUT2D eigenvalue weighted by molar-refractivity contribution is 5.05. The van der Waals surface area contributed by atoms with Gasteiger partial charge < -0.3 is 5.73 Å². The zero-order chi connectivity index (χ0) is 13.2. The van der Waals surface area contributed by atoms with Gasteiger partial charge in [-0.3, -0.25) is 4.90 Å². The van der Waals surface area contributed by atoms with Gasteiger partial charge in [0.2, 0.25) is 0 Å². The summed E-state index contributed by atoms with van der Waals surface area (Å²) in [6.07, 6.45) is 9.54. The van der Waals surface area contributed by atoms with Gasteiger partial charge in [-0.2, -0.15) is 0 Å². The third kappa shape index (κ3) is 2.34. The van der Waals surface area contributed by atoms with Crippen molar-refractivity contribution < 1.29 is 0 Å². The highest BCUT2D eigenvalue weighted by atomic mass is 15.2. The normalized spacial score (nSPS) is 34.7. The Labute approximate surface area is 113 Å². The number of piperidine rings is 1. The van der Waals surface area contributed by atoms with E-state index in [-0.39, 0.29) is 5.54 Å². The third-order valence-corrected chi connectivity index (χ3v) is 6.04. The number of likely N-dealkylation sites (tertiary alicyclic amines) is 1. The molecule has 1 saturated carbocycles. The molecule has 1 aliphatic carbocycles. The van der Waals surface area contributed by atoms with E-state index in [1.807, 2.05) is 0 Å². The summed E-state index contributed by atoms with van der Waals surface area (Å²) >= 11 is 0. The fourth-order valence-electron chi connectivity index (χ4n) is 4.42. The Bertz CT molecular complexity index is 266. The third-order valence-electron chi connectivity index (χ3n) is 6.04. The second-order valence-electron chi connectivity index (χ2n) is 7.17. The first-order valence-electron chi connectivity index (χ1n) is 8.01. The summed E-state index contributed by atoms with van der Waals surface area (Å²) in [7, 11) is 0. The van der Waals surface area contributed by atoms with Crippen LogP contribution in [-0.2, 0) is 0 Å². The molecule has 2 fully saturated rings. The summed E-state index contributed by atoms with van der Waals surface area (Å²) in [6.45, 7) is 10.6. The van der Waals surface area contributed by atoms with Crippen molar-refractivity contribution in [1.82, 2.24) is 4.90 Å². The molecule has 0 radical (unpaired) electrons. The van der Waals surface area contributed by atoms with Crippen molar-refractivity contribution in [2.24, 2.45) is 17.1 Å². The van der Waals surface area contributed by atoms with E-state index in [4.69, 9.17) is 5.73 Å². The second-order valence-corrected chi connectivity index (χ2v) is 7.17. The van der Waals surface area contributed by atoms with Crippen molar-refractivity contribution in [2.45, 2.75) is 71.3 Å². The molecule has 106 valence electrons. The molecule has 1 heterocycles. The van der Waals surface area contributed by atoms with E-state index in [2.05, 4.69) is 25.7 Å². The van der Waals surface area contributed by atoms with Crippen LogP contribution in [0.1, 0.15) is 65.7 Å². The van der Waals surface area contributed by atoms with Crippen molar-refractivity contribution in [3.63, 3.8) is 0 Å². The molecule has 2 heteroatoms. The molecule has 2 rings (SSSR count). The maximum atomic E-state index is 6.27. The van der Waals surface area contributed by atoms with E-state index in [9.17, 15) is 0 Å². The Morgan fingerprint density at radius 3 is 2.22 bits per heavy atom. The molecule has 2 aliphatic rings. The van der Waals surface area contributed by atoms with Gasteiger partial charge in [-0.25, -0.2) is 0 Å². The lowest BCUT2D eigenvalue weighted by Crippen LogP contribution is -2.65. The van der Waals surface area contributed by atoms with Crippen molar-refractivity contribution >= 4 is 0 Å². The number of rotatable bonds is 3. The van der Waals surface area contributed by atoms with Gasteiger partial charge in [-0.1, -0.05) is 40.0 Å². The first-order valence-corrected chi connectivity index (χ1v) is 8.01.